The van der Waals surface area contributed by atoms with Crippen LogP contribution in [0.3, 0.4) is 0 Å². The molecular weight excluding hydrogens is 328 g/mol. The minimum absolute atomic E-state index is 0.484. The van der Waals surface area contributed by atoms with Crippen LogP contribution in [0.1, 0.15) is 41.5 Å². The maximum atomic E-state index is 3.76. The molecular formula is C25H26N2. The Morgan fingerprint density at radius 2 is 1.41 bits per heavy atom. The van der Waals surface area contributed by atoms with Crippen LogP contribution in [0.5, 0.6) is 0 Å². The molecule has 3 aromatic rings. The number of nitrogens with one attached hydrogen (secondary N) is 1. The maximum absolute atomic E-state index is 3.76. The molecule has 1 saturated heterocycles. The summed E-state index contributed by atoms with van der Waals surface area (Å²) >= 11 is 0. The quantitative estimate of drug-likeness (QED) is 0.673. The zero-order chi connectivity index (χ0) is 18.1. The predicted molar refractivity (Wildman–Crippen MR) is 112 cm³/mol. The van der Waals surface area contributed by atoms with Gasteiger partial charge in [-0.2, -0.15) is 0 Å². The Morgan fingerprint density at radius 1 is 0.741 bits per heavy atom. The summed E-state index contributed by atoms with van der Waals surface area (Å²) in [6.07, 6.45) is 2.38. The third-order valence-corrected chi connectivity index (χ3v) is 6.21. The summed E-state index contributed by atoms with van der Waals surface area (Å²) in [6, 6.07) is 31.8. The number of rotatable bonds is 3. The third kappa shape index (κ3) is 3.26. The topological polar surface area (TPSA) is 15.3 Å². The molecule has 2 aliphatic heterocycles. The molecule has 2 nitrogen and oxygen atoms in total. The van der Waals surface area contributed by atoms with Gasteiger partial charge < -0.3 is 5.32 Å². The Kier molecular flexibility index (Phi) is 4.43. The van der Waals surface area contributed by atoms with Crippen LogP contribution in [0.2, 0.25) is 0 Å². The van der Waals surface area contributed by atoms with Gasteiger partial charge >= 0.3 is 0 Å². The van der Waals surface area contributed by atoms with Gasteiger partial charge in [0.15, 0.2) is 0 Å². The second kappa shape index (κ2) is 7.21. The van der Waals surface area contributed by atoms with E-state index in [1.165, 1.54) is 35.2 Å². The van der Waals surface area contributed by atoms with Crippen LogP contribution in [0, 0.1) is 0 Å². The average molecular weight is 354 g/mol. The average Bonchev–Trinajstić information content (AvgIpc) is 2.75. The van der Waals surface area contributed by atoms with Gasteiger partial charge in [-0.25, -0.2) is 0 Å². The first-order chi connectivity index (χ1) is 13.4. The molecule has 0 saturated carbocycles. The zero-order valence-corrected chi connectivity index (χ0v) is 15.6. The van der Waals surface area contributed by atoms with E-state index in [9.17, 15) is 0 Å². The highest BCUT2D eigenvalue weighted by atomic mass is 15.2. The van der Waals surface area contributed by atoms with Crippen LogP contribution in [0.15, 0.2) is 84.9 Å². The van der Waals surface area contributed by atoms with Gasteiger partial charge in [-0.1, -0.05) is 72.8 Å². The molecule has 0 radical (unpaired) electrons. The first-order valence-electron chi connectivity index (χ1n) is 10.1. The fraction of sp³-hybridized carbons (Fsp3) is 0.280. The van der Waals surface area contributed by atoms with Crippen LogP contribution < -0.4 is 5.32 Å². The van der Waals surface area contributed by atoms with Gasteiger partial charge in [-0.15, -0.1) is 0 Å². The molecule has 0 amide bonds. The molecule has 2 heterocycles. The molecule has 1 fully saturated rings. The lowest BCUT2D eigenvalue weighted by Crippen LogP contribution is -2.46. The van der Waals surface area contributed by atoms with E-state index in [0.29, 0.717) is 18.0 Å². The predicted octanol–water partition coefficient (Wildman–Crippen LogP) is 5.45. The first kappa shape index (κ1) is 16.6. The molecule has 27 heavy (non-hydrogen) atoms. The van der Waals surface area contributed by atoms with E-state index >= 15 is 0 Å². The molecule has 0 aliphatic carbocycles. The highest BCUT2D eigenvalue weighted by Gasteiger charge is 2.37. The van der Waals surface area contributed by atoms with Crippen molar-refractivity contribution >= 4 is 5.69 Å². The molecule has 2 aliphatic rings. The summed E-state index contributed by atoms with van der Waals surface area (Å²) in [4.78, 5) is 2.71. The Bertz CT molecular complexity index is 890. The number of hydrogen-bond donors (Lipinski definition) is 1. The van der Waals surface area contributed by atoms with Crippen molar-refractivity contribution in [2.45, 2.75) is 30.8 Å². The molecule has 5 rings (SSSR count). The molecule has 3 unspecified atom stereocenters. The Labute approximate surface area is 161 Å². The van der Waals surface area contributed by atoms with Crippen molar-refractivity contribution in [3.05, 3.63) is 102 Å². The van der Waals surface area contributed by atoms with E-state index < -0.39 is 0 Å². The number of piperidine rings is 1. The van der Waals surface area contributed by atoms with Crippen LogP contribution >= 0.6 is 0 Å². The maximum Gasteiger partial charge on any atom is 0.0370 e. The summed E-state index contributed by atoms with van der Waals surface area (Å²) in [5.41, 5.74) is 5.72. The van der Waals surface area contributed by atoms with Crippen LogP contribution in [0.25, 0.3) is 0 Å². The van der Waals surface area contributed by atoms with E-state index in [1.54, 1.807) is 0 Å². The van der Waals surface area contributed by atoms with Gasteiger partial charge in [0, 0.05) is 36.8 Å². The molecule has 0 aromatic heterocycles. The van der Waals surface area contributed by atoms with Crippen LogP contribution in [0.4, 0.5) is 5.69 Å². The normalized spacial score (nSPS) is 24.7. The van der Waals surface area contributed by atoms with Crippen molar-refractivity contribution < 1.29 is 0 Å². The monoisotopic (exact) mass is 354 g/mol. The van der Waals surface area contributed by atoms with Crippen molar-refractivity contribution in [2.75, 3.05) is 18.4 Å². The number of para-hydroxylation sites is 1. The van der Waals surface area contributed by atoms with Crippen molar-refractivity contribution in [1.82, 2.24) is 4.90 Å². The Balaban J connectivity index is 1.43. The summed E-state index contributed by atoms with van der Waals surface area (Å²) < 4.78 is 0. The largest absolute Gasteiger partial charge is 0.382 e. The van der Waals surface area contributed by atoms with E-state index in [2.05, 4.69) is 95.1 Å². The molecule has 3 aromatic carbocycles. The van der Waals surface area contributed by atoms with Gasteiger partial charge in [-0.05, 0) is 41.7 Å². The second-order valence-electron chi connectivity index (χ2n) is 7.83. The lowest BCUT2D eigenvalue weighted by molar-refractivity contribution is 0.123. The Hall–Kier alpha value is -2.58. The number of fused-ring (bicyclic) bond motifs is 3. The molecule has 0 bridgehead atoms. The first-order valence-corrected chi connectivity index (χ1v) is 10.1. The lowest BCUT2D eigenvalue weighted by Gasteiger charge is -2.46. The summed E-state index contributed by atoms with van der Waals surface area (Å²) in [5, 5.41) is 3.76. The second-order valence-corrected chi connectivity index (χ2v) is 7.83. The SMILES string of the molecule is c1ccc(NC2CCN3CC(c4ccccc4)c4ccccc4C3C2)cc1. The summed E-state index contributed by atoms with van der Waals surface area (Å²) in [7, 11) is 0. The smallest absolute Gasteiger partial charge is 0.0370 e. The Morgan fingerprint density at radius 3 is 2.19 bits per heavy atom. The van der Waals surface area contributed by atoms with Gasteiger partial charge in [0.25, 0.3) is 0 Å². The van der Waals surface area contributed by atoms with Gasteiger partial charge in [0.2, 0.25) is 0 Å². The van der Waals surface area contributed by atoms with E-state index in [1.807, 2.05) is 0 Å². The van der Waals surface area contributed by atoms with Gasteiger partial charge in [0.1, 0.15) is 0 Å². The zero-order valence-electron chi connectivity index (χ0n) is 15.6. The standard InChI is InChI=1S/C25H26N2/c1-3-9-19(10-4-1)24-18-27-16-15-21(26-20-11-5-2-6-12-20)17-25(27)23-14-8-7-13-22(23)24/h1-14,21,24-26H,15-18H2. The van der Waals surface area contributed by atoms with E-state index in [-0.39, 0.29) is 0 Å². The fourth-order valence-electron chi connectivity index (χ4n) is 4.89. The molecule has 1 N–H and O–H groups in total. The molecule has 0 spiro atoms. The number of nitrogens with zero attached hydrogens (tertiary/aromatic N) is 1. The van der Waals surface area contributed by atoms with Crippen LogP contribution in [-0.4, -0.2) is 24.0 Å². The number of anilines is 1. The molecule has 3 atom stereocenters. The molecule has 2 heteroatoms. The van der Waals surface area contributed by atoms with Gasteiger partial charge in [0.05, 0.1) is 0 Å². The van der Waals surface area contributed by atoms with Gasteiger partial charge in [-0.3, -0.25) is 4.90 Å². The molecule has 136 valence electrons. The summed E-state index contributed by atoms with van der Waals surface area (Å²) in [5.74, 6) is 0.484. The lowest BCUT2D eigenvalue weighted by atomic mass is 9.78. The van der Waals surface area contributed by atoms with Crippen molar-refractivity contribution in [2.24, 2.45) is 0 Å². The van der Waals surface area contributed by atoms with E-state index in [4.69, 9.17) is 0 Å². The minimum Gasteiger partial charge on any atom is -0.382 e. The highest BCUT2D eigenvalue weighted by Crippen LogP contribution is 2.43. The van der Waals surface area contributed by atoms with E-state index in [0.717, 1.165) is 13.1 Å². The number of benzene rings is 3. The number of hydrogen-bond acceptors (Lipinski definition) is 2. The highest BCUT2D eigenvalue weighted by molar-refractivity contribution is 5.45. The summed E-state index contributed by atoms with van der Waals surface area (Å²) in [6.45, 7) is 2.29. The fourth-order valence-corrected chi connectivity index (χ4v) is 4.89. The minimum atomic E-state index is 0.484. The van der Waals surface area contributed by atoms with Crippen LogP contribution in [-0.2, 0) is 0 Å². The van der Waals surface area contributed by atoms with Crippen molar-refractivity contribution in [3.8, 4) is 0 Å². The van der Waals surface area contributed by atoms with Crippen molar-refractivity contribution in [1.29, 1.82) is 0 Å². The van der Waals surface area contributed by atoms with Crippen molar-refractivity contribution in [3.63, 3.8) is 0 Å². The third-order valence-electron chi connectivity index (χ3n) is 6.21.